The second kappa shape index (κ2) is 4.20. The van der Waals surface area contributed by atoms with Crippen LogP contribution in [0, 0.1) is 0 Å². The number of ether oxygens (including phenoxy) is 2. The number of aliphatic hydroxyl groups is 1. The lowest BCUT2D eigenvalue weighted by atomic mass is 9.83. The predicted molar refractivity (Wildman–Crippen MR) is 65.0 cm³/mol. The third kappa shape index (κ3) is 2.28. The highest BCUT2D eigenvalue weighted by atomic mass is 16.6. The second-order valence-corrected chi connectivity index (χ2v) is 6.39. The van der Waals surface area contributed by atoms with E-state index in [0.717, 1.165) is 38.5 Å². The molecule has 3 aliphatic rings. The number of carbonyl (C=O) groups excluding carboxylic acids is 1. The molecular formula is C14H22O4. The van der Waals surface area contributed by atoms with Gasteiger partial charge in [-0.3, -0.25) is 0 Å². The largest absolute Gasteiger partial charge is 0.457 e. The van der Waals surface area contributed by atoms with Crippen LogP contribution in [0.3, 0.4) is 0 Å². The first-order valence-electron chi connectivity index (χ1n) is 7.12. The van der Waals surface area contributed by atoms with Crippen LogP contribution in [0.15, 0.2) is 0 Å². The molecule has 2 aliphatic carbocycles. The molecule has 2 saturated carbocycles. The maximum absolute atomic E-state index is 12.2. The van der Waals surface area contributed by atoms with Gasteiger partial charge >= 0.3 is 5.97 Å². The van der Waals surface area contributed by atoms with Crippen molar-refractivity contribution in [1.82, 2.24) is 0 Å². The molecule has 0 radical (unpaired) electrons. The van der Waals surface area contributed by atoms with Gasteiger partial charge in [0, 0.05) is 6.42 Å². The Morgan fingerprint density at radius 2 is 1.94 bits per heavy atom. The average molecular weight is 254 g/mol. The summed E-state index contributed by atoms with van der Waals surface area (Å²) in [6, 6.07) is 0. The van der Waals surface area contributed by atoms with Crippen molar-refractivity contribution in [3.63, 3.8) is 0 Å². The van der Waals surface area contributed by atoms with E-state index in [-0.39, 0.29) is 6.10 Å². The third-order valence-corrected chi connectivity index (χ3v) is 4.68. The molecule has 0 amide bonds. The maximum atomic E-state index is 12.2. The van der Waals surface area contributed by atoms with Crippen LogP contribution in [0.25, 0.3) is 0 Å². The lowest BCUT2D eigenvalue weighted by molar-refractivity contribution is -0.185. The van der Waals surface area contributed by atoms with Gasteiger partial charge in [0.2, 0.25) is 0 Å². The molecule has 0 bridgehead atoms. The van der Waals surface area contributed by atoms with Crippen LogP contribution in [0.5, 0.6) is 0 Å². The van der Waals surface area contributed by atoms with Crippen LogP contribution in [-0.2, 0) is 14.3 Å². The Hall–Kier alpha value is -0.610. The molecule has 0 aromatic rings. The summed E-state index contributed by atoms with van der Waals surface area (Å²) in [7, 11) is 0. The summed E-state index contributed by atoms with van der Waals surface area (Å²) in [6.45, 7) is 1.97. The fourth-order valence-electron chi connectivity index (χ4n) is 3.34. The number of hydrogen-bond acceptors (Lipinski definition) is 4. The van der Waals surface area contributed by atoms with Crippen LogP contribution < -0.4 is 0 Å². The fourth-order valence-corrected chi connectivity index (χ4v) is 3.34. The van der Waals surface area contributed by atoms with Crippen LogP contribution in [0.4, 0.5) is 0 Å². The van der Waals surface area contributed by atoms with Crippen molar-refractivity contribution < 1.29 is 19.4 Å². The standard InChI is InChI=1S/C14H22O4/c1-13(8-5-10-11(9-13)17-10)18-12(15)14(16)6-3-2-4-7-14/h10-11,16H,2-9H2,1H3. The van der Waals surface area contributed by atoms with Gasteiger partial charge in [-0.25, -0.2) is 4.79 Å². The quantitative estimate of drug-likeness (QED) is 0.604. The molecule has 1 aliphatic heterocycles. The van der Waals surface area contributed by atoms with Crippen LogP contribution in [0.2, 0.25) is 0 Å². The first-order valence-corrected chi connectivity index (χ1v) is 7.12. The zero-order valence-electron chi connectivity index (χ0n) is 11.0. The van der Waals surface area contributed by atoms with Gasteiger partial charge in [0.05, 0.1) is 12.2 Å². The van der Waals surface area contributed by atoms with Crippen molar-refractivity contribution in [3.05, 3.63) is 0 Å². The first kappa shape index (κ1) is 12.4. The minimum Gasteiger partial charge on any atom is -0.457 e. The summed E-state index contributed by atoms with van der Waals surface area (Å²) < 4.78 is 11.1. The molecule has 1 heterocycles. The van der Waals surface area contributed by atoms with Gasteiger partial charge in [0.15, 0.2) is 5.60 Å². The third-order valence-electron chi connectivity index (χ3n) is 4.68. The second-order valence-electron chi connectivity index (χ2n) is 6.39. The number of fused-ring (bicyclic) bond motifs is 1. The van der Waals surface area contributed by atoms with E-state index in [1.54, 1.807) is 0 Å². The molecule has 1 N–H and O–H groups in total. The number of rotatable bonds is 2. The summed E-state index contributed by atoms with van der Waals surface area (Å²) in [6.07, 6.45) is 7.28. The molecule has 3 atom stereocenters. The summed E-state index contributed by atoms with van der Waals surface area (Å²) in [4.78, 5) is 12.2. The minimum absolute atomic E-state index is 0.276. The van der Waals surface area contributed by atoms with E-state index in [0.29, 0.717) is 18.9 Å². The highest BCUT2D eigenvalue weighted by molar-refractivity contribution is 5.79. The molecule has 4 heteroatoms. The minimum atomic E-state index is -1.23. The van der Waals surface area contributed by atoms with Crippen LogP contribution in [0.1, 0.15) is 58.3 Å². The molecule has 1 saturated heterocycles. The molecule has 0 aromatic carbocycles. The van der Waals surface area contributed by atoms with Gasteiger partial charge in [-0.1, -0.05) is 6.42 Å². The summed E-state index contributed by atoms with van der Waals surface area (Å²) in [5.41, 5.74) is -1.68. The van der Waals surface area contributed by atoms with E-state index in [4.69, 9.17) is 9.47 Å². The van der Waals surface area contributed by atoms with Crippen molar-refractivity contribution in [2.75, 3.05) is 0 Å². The normalized spacial score (nSPS) is 41.9. The first-order chi connectivity index (χ1) is 8.51. The van der Waals surface area contributed by atoms with Crippen molar-refractivity contribution >= 4 is 5.97 Å². The molecule has 3 fully saturated rings. The zero-order chi connectivity index (χ0) is 12.8. The van der Waals surface area contributed by atoms with Gasteiger partial charge < -0.3 is 14.6 Å². The van der Waals surface area contributed by atoms with Crippen LogP contribution >= 0.6 is 0 Å². The van der Waals surface area contributed by atoms with Gasteiger partial charge in [-0.05, 0) is 45.4 Å². The van der Waals surface area contributed by atoms with Crippen molar-refractivity contribution in [2.45, 2.75) is 81.7 Å². The maximum Gasteiger partial charge on any atom is 0.338 e. The Balaban J connectivity index is 1.62. The van der Waals surface area contributed by atoms with Crippen LogP contribution in [-0.4, -0.2) is 34.5 Å². The predicted octanol–water partition coefficient (Wildman–Crippen LogP) is 1.93. The lowest BCUT2D eigenvalue weighted by Crippen LogP contribution is -2.47. The fraction of sp³-hybridized carbons (Fsp3) is 0.929. The molecule has 102 valence electrons. The Kier molecular flexibility index (Phi) is 2.90. The summed E-state index contributed by atoms with van der Waals surface area (Å²) in [5.74, 6) is -0.413. The Morgan fingerprint density at radius 3 is 2.61 bits per heavy atom. The topological polar surface area (TPSA) is 59.1 Å². The van der Waals surface area contributed by atoms with E-state index in [9.17, 15) is 9.90 Å². The monoisotopic (exact) mass is 254 g/mol. The van der Waals surface area contributed by atoms with Crippen molar-refractivity contribution in [2.24, 2.45) is 0 Å². The van der Waals surface area contributed by atoms with Crippen molar-refractivity contribution in [1.29, 1.82) is 0 Å². The number of carbonyl (C=O) groups is 1. The molecule has 3 unspecified atom stereocenters. The molecular weight excluding hydrogens is 232 g/mol. The Labute approximate surface area is 108 Å². The average Bonchev–Trinajstić information content (AvgIpc) is 3.07. The highest BCUT2D eigenvalue weighted by Crippen LogP contribution is 2.44. The Morgan fingerprint density at radius 1 is 1.22 bits per heavy atom. The number of esters is 1. The summed E-state index contributed by atoms with van der Waals surface area (Å²) in [5, 5.41) is 10.4. The highest BCUT2D eigenvalue weighted by Gasteiger charge is 2.52. The lowest BCUT2D eigenvalue weighted by Gasteiger charge is -2.37. The zero-order valence-corrected chi connectivity index (χ0v) is 11.0. The Bertz CT molecular complexity index is 348. The van der Waals surface area contributed by atoms with Gasteiger partial charge in [-0.15, -0.1) is 0 Å². The van der Waals surface area contributed by atoms with E-state index < -0.39 is 17.2 Å². The molecule has 3 rings (SSSR count). The van der Waals surface area contributed by atoms with E-state index >= 15 is 0 Å². The molecule has 0 spiro atoms. The van der Waals surface area contributed by atoms with Gasteiger partial charge in [-0.2, -0.15) is 0 Å². The molecule has 4 nitrogen and oxygen atoms in total. The number of epoxide rings is 1. The van der Waals surface area contributed by atoms with Crippen molar-refractivity contribution in [3.8, 4) is 0 Å². The smallest absolute Gasteiger partial charge is 0.338 e. The molecule has 0 aromatic heterocycles. The SMILES string of the molecule is CC1(OC(=O)C2(O)CCCCC2)CCC2OC2C1. The molecule has 18 heavy (non-hydrogen) atoms. The summed E-state index contributed by atoms with van der Waals surface area (Å²) >= 11 is 0. The number of hydrogen-bond donors (Lipinski definition) is 1. The van der Waals surface area contributed by atoms with E-state index in [2.05, 4.69) is 0 Å². The van der Waals surface area contributed by atoms with E-state index in [1.807, 2.05) is 6.92 Å². The van der Waals surface area contributed by atoms with Gasteiger partial charge in [0.25, 0.3) is 0 Å². The van der Waals surface area contributed by atoms with E-state index in [1.165, 1.54) is 0 Å². The van der Waals surface area contributed by atoms with Gasteiger partial charge in [0.1, 0.15) is 5.60 Å².